The number of carbonyl (C=O) groups excluding carboxylic acids is 1. The number of hydrogen-bond acceptors (Lipinski definition) is 4. The quantitative estimate of drug-likeness (QED) is 0.862. The predicted molar refractivity (Wildman–Crippen MR) is 98.4 cm³/mol. The predicted octanol–water partition coefficient (Wildman–Crippen LogP) is 2.52. The minimum atomic E-state index is -0.901. The second-order valence-corrected chi connectivity index (χ2v) is 6.93. The smallest absolute Gasteiger partial charge is 0.292 e. The van der Waals surface area contributed by atoms with E-state index in [1.807, 2.05) is 4.90 Å². The lowest BCUT2D eigenvalue weighted by Crippen LogP contribution is -2.41. The first-order valence-corrected chi connectivity index (χ1v) is 8.97. The summed E-state index contributed by atoms with van der Waals surface area (Å²) in [7, 11) is 0. The number of rotatable bonds is 4. The Morgan fingerprint density at radius 1 is 1.37 bits per heavy atom. The summed E-state index contributed by atoms with van der Waals surface area (Å²) in [4.78, 5) is 25.6. The zero-order valence-corrected chi connectivity index (χ0v) is 15.5. The fourth-order valence-electron chi connectivity index (χ4n) is 3.21. The number of halogens is 3. The van der Waals surface area contributed by atoms with Gasteiger partial charge in [0.2, 0.25) is 5.91 Å². The number of carbonyl (C=O) groups is 1. The molecule has 2 aromatic rings. The maximum absolute atomic E-state index is 14.0. The summed E-state index contributed by atoms with van der Waals surface area (Å²) in [5, 5.41) is 6.75. The molecule has 1 saturated heterocycles. The van der Waals surface area contributed by atoms with Crippen LogP contribution in [0.2, 0.25) is 5.02 Å². The van der Waals surface area contributed by atoms with Gasteiger partial charge in [0.05, 0.1) is 11.9 Å². The summed E-state index contributed by atoms with van der Waals surface area (Å²) >= 11 is 6.26. The minimum Gasteiger partial charge on any atom is -0.369 e. The van der Waals surface area contributed by atoms with Crippen molar-refractivity contribution in [2.45, 2.75) is 19.8 Å². The Balaban J connectivity index is 1.86. The molecule has 0 aliphatic carbocycles. The van der Waals surface area contributed by atoms with Crippen LogP contribution in [0.1, 0.15) is 19.8 Å². The lowest BCUT2D eigenvalue weighted by Gasteiger charge is -2.34. The van der Waals surface area contributed by atoms with E-state index in [9.17, 15) is 18.4 Å². The Kier molecular flexibility index (Phi) is 5.74. The van der Waals surface area contributed by atoms with Gasteiger partial charge in [-0.2, -0.15) is 9.78 Å². The van der Waals surface area contributed by atoms with E-state index in [0.29, 0.717) is 31.4 Å². The highest BCUT2D eigenvalue weighted by Crippen LogP contribution is 2.27. The maximum atomic E-state index is 14.0. The number of benzene rings is 1. The van der Waals surface area contributed by atoms with Crippen LogP contribution in [0, 0.1) is 17.6 Å². The van der Waals surface area contributed by atoms with Crippen molar-refractivity contribution in [3.8, 4) is 5.69 Å². The van der Waals surface area contributed by atoms with E-state index >= 15 is 0 Å². The van der Waals surface area contributed by atoms with Crippen LogP contribution in [0.25, 0.3) is 5.69 Å². The Bertz CT molecular complexity index is 919. The fraction of sp³-hybridized carbons (Fsp3) is 0.389. The van der Waals surface area contributed by atoms with Crippen molar-refractivity contribution in [2.75, 3.05) is 24.5 Å². The molecular weight excluding hydrogens is 378 g/mol. The molecule has 1 aromatic carbocycles. The first-order chi connectivity index (χ1) is 12.9. The summed E-state index contributed by atoms with van der Waals surface area (Å²) in [6.45, 7) is 3.34. The van der Waals surface area contributed by atoms with Gasteiger partial charge >= 0.3 is 0 Å². The van der Waals surface area contributed by atoms with Gasteiger partial charge in [0.1, 0.15) is 16.5 Å². The molecule has 1 fully saturated rings. The van der Waals surface area contributed by atoms with Crippen molar-refractivity contribution < 1.29 is 13.6 Å². The zero-order valence-electron chi connectivity index (χ0n) is 14.7. The van der Waals surface area contributed by atoms with Crippen molar-refractivity contribution in [3.05, 3.63) is 51.4 Å². The molecule has 6 nitrogen and oxygen atoms in total. The first-order valence-electron chi connectivity index (χ1n) is 8.59. The number of amides is 1. The lowest BCUT2D eigenvalue weighted by atomic mass is 9.97. The second kappa shape index (κ2) is 8.04. The SMILES string of the molecule is CC(=O)NCC1CCCN(c2cnn(-c3ccc(F)cc3F)c(=O)c2Cl)C1. The molecule has 2 heterocycles. The Morgan fingerprint density at radius 3 is 2.85 bits per heavy atom. The van der Waals surface area contributed by atoms with Crippen LogP contribution < -0.4 is 15.8 Å². The number of nitrogens with one attached hydrogen (secondary N) is 1. The van der Waals surface area contributed by atoms with Crippen LogP contribution in [0.5, 0.6) is 0 Å². The summed E-state index contributed by atoms with van der Waals surface area (Å²) in [6, 6.07) is 2.87. The largest absolute Gasteiger partial charge is 0.369 e. The van der Waals surface area contributed by atoms with Gasteiger partial charge in [-0.15, -0.1) is 0 Å². The number of aromatic nitrogens is 2. The summed E-state index contributed by atoms with van der Waals surface area (Å²) in [6.07, 6.45) is 3.25. The average molecular weight is 397 g/mol. The summed E-state index contributed by atoms with van der Waals surface area (Å²) < 4.78 is 27.9. The molecule has 3 rings (SSSR count). The molecule has 1 unspecified atom stereocenters. The van der Waals surface area contributed by atoms with E-state index in [0.717, 1.165) is 29.7 Å². The van der Waals surface area contributed by atoms with E-state index in [1.54, 1.807) is 0 Å². The average Bonchev–Trinajstić information content (AvgIpc) is 2.63. The minimum absolute atomic E-state index is 0.0751. The van der Waals surface area contributed by atoms with Crippen LogP contribution in [0.3, 0.4) is 0 Å². The number of piperidine rings is 1. The summed E-state index contributed by atoms with van der Waals surface area (Å²) in [5.74, 6) is -1.50. The fourth-order valence-corrected chi connectivity index (χ4v) is 3.46. The number of nitrogens with zero attached hydrogens (tertiary/aromatic N) is 3. The molecule has 27 heavy (non-hydrogen) atoms. The second-order valence-electron chi connectivity index (χ2n) is 6.55. The number of hydrogen-bond donors (Lipinski definition) is 1. The van der Waals surface area contributed by atoms with E-state index in [-0.39, 0.29) is 22.5 Å². The van der Waals surface area contributed by atoms with Crippen LogP contribution in [0.15, 0.2) is 29.2 Å². The molecule has 0 spiro atoms. The van der Waals surface area contributed by atoms with Crippen LogP contribution in [0.4, 0.5) is 14.5 Å². The normalized spacial score (nSPS) is 17.0. The molecule has 1 aromatic heterocycles. The van der Waals surface area contributed by atoms with Gasteiger partial charge < -0.3 is 10.2 Å². The highest BCUT2D eigenvalue weighted by molar-refractivity contribution is 6.33. The molecule has 1 aliphatic heterocycles. The summed E-state index contributed by atoms with van der Waals surface area (Å²) in [5.41, 5.74) is -0.381. The number of anilines is 1. The van der Waals surface area contributed by atoms with Crippen LogP contribution in [-0.4, -0.2) is 35.3 Å². The van der Waals surface area contributed by atoms with Gasteiger partial charge in [-0.3, -0.25) is 9.59 Å². The zero-order chi connectivity index (χ0) is 19.6. The molecule has 144 valence electrons. The van der Waals surface area contributed by atoms with Gasteiger partial charge in [0.15, 0.2) is 5.82 Å². The Hall–Kier alpha value is -2.48. The standard InChI is InChI=1S/C18H19ClF2N4O2/c1-11(26)22-8-12-3-2-6-24(10-12)16-9-23-25(18(27)17(16)19)15-5-4-13(20)7-14(15)21/h4-5,7,9,12H,2-3,6,8,10H2,1H3,(H,22,26). The van der Waals surface area contributed by atoms with E-state index in [2.05, 4.69) is 10.4 Å². The van der Waals surface area contributed by atoms with E-state index in [1.165, 1.54) is 13.1 Å². The van der Waals surface area contributed by atoms with Crippen molar-refractivity contribution in [3.63, 3.8) is 0 Å². The Morgan fingerprint density at radius 2 is 2.15 bits per heavy atom. The highest BCUT2D eigenvalue weighted by atomic mass is 35.5. The lowest BCUT2D eigenvalue weighted by molar-refractivity contribution is -0.119. The van der Waals surface area contributed by atoms with Gasteiger partial charge in [-0.05, 0) is 30.9 Å². The van der Waals surface area contributed by atoms with Crippen molar-refractivity contribution >= 4 is 23.2 Å². The third kappa shape index (κ3) is 4.27. The molecule has 0 radical (unpaired) electrons. The molecule has 9 heteroatoms. The van der Waals surface area contributed by atoms with E-state index < -0.39 is 17.2 Å². The highest BCUT2D eigenvalue weighted by Gasteiger charge is 2.24. The maximum Gasteiger partial charge on any atom is 0.292 e. The van der Waals surface area contributed by atoms with Crippen LogP contribution in [-0.2, 0) is 4.79 Å². The molecule has 1 amide bonds. The third-order valence-electron chi connectivity index (χ3n) is 4.54. The van der Waals surface area contributed by atoms with Crippen LogP contribution >= 0.6 is 11.6 Å². The molecular formula is C18H19ClF2N4O2. The molecule has 1 atom stereocenters. The van der Waals surface area contributed by atoms with Crippen molar-refractivity contribution in [1.82, 2.24) is 15.1 Å². The molecule has 1 aliphatic rings. The van der Waals surface area contributed by atoms with Gasteiger partial charge in [0.25, 0.3) is 5.56 Å². The topological polar surface area (TPSA) is 67.2 Å². The van der Waals surface area contributed by atoms with Crippen molar-refractivity contribution in [2.24, 2.45) is 5.92 Å². The van der Waals surface area contributed by atoms with E-state index in [4.69, 9.17) is 11.6 Å². The molecule has 0 saturated carbocycles. The van der Waals surface area contributed by atoms with Gasteiger partial charge in [-0.25, -0.2) is 8.78 Å². The molecule has 0 bridgehead atoms. The van der Waals surface area contributed by atoms with Gasteiger partial charge in [0, 0.05) is 32.6 Å². The third-order valence-corrected chi connectivity index (χ3v) is 4.89. The first kappa shape index (κ1) is 19.3. The van der Waals surface area contributed by atoms with Gasteiger partial charge in [-0.1, -0.05) is 11.6 Å². The van der Waals surface area contributed by atoms with Crippen molar-refractivity contribution in [1.29, 1.82) is 0 Å². The Labute approximate surface area is 159 Å². The molecule has 1 N–H and O–H groups in total. The monoisotopic (exact) mass is 396 g/mol.